The Balaban J connectivity index is 1.40. The van der Waals surface area contributed by atoms with Crippen molar-refractivity contribution >= 4 is 11.9 Å². The first-order valence-corrected chi connectivity index (χ1v) is 11.7. The molecule has 7 nitrogen and oxygen atoms in total. The number of carboxylic acids is 1. The maximum absolute atomic E-state index is 13.1. The maximum atomic E-state index is 13.1. The third kappa shape index (κ3) is 5.53. The predicted octanol–water partition coefficient (Wildman–Crippen LogP) is 3.52. The largest absolute Gasteiger partial charge is 0.490 e. The van der Waals surface area contributed by atoms with Gasteiger partial charge in [-0.25, -0.2) is 4.79 Å². The number of aliphatic hydroxyl groups is 1. The van der Waals surface area contributed by atoms with Crippen LogP contribution in [0.15, 0.2) is 78.9 Å². The summed E-state index contributed by atoms with van der Waals surface area (Å²) in [7, 11) is 0. The number of benzene rings is 3. The van der Waals surface area contributed by atoms with Crippen molar-refractivity contribution in [1.29, 1.82) is 0 Å². The zero-order valence-corrected chi connectivity index (χ0v) is 19.5. The van der Waals surface area contributed by atoms with E-state index in [-0.39, 0.29) is 11.5 Å². The Bertz CT molecular complexity index is 1170. The Labute approximate surface area is 204 Å². The fraction of sp³-hybridized carbons (Fsp3) is 0.286. The first-order chi connectivity index (χ1) is 16.9. The average Bonchev–Trinajstić information content (AvgIpc) is 2.92. The molecule has 1 aliphatic rings. The summed E-state index contributed by atoms with van der Waals surface area (Å²) in [5.41, 5.74) is 6.63. The van der Waals surface area contributed by atoms with Crippen LogP contribution in [-0.2, 0) is 16.9 Å². The molecule has 1 fully saturated rings. The molecule has 4 rings (SSSR count). The van der Waals surface area contributed by atoms with E-state index in [0.29, 0.717) is 36.9 Å². The standard InChI is InChI=1S/C28H30N2O5/c29-18-20-6-4-7-22(16-20)21-12-14-30(15-13-21)26(31)23-8-5-11-25(17-23)35-19-28(34,27(32)33)24-9-2-1-3-10-24/h1-11,16-17,21,34H,12-15,18-19,29H2,(H,32,33)/t28-/m0/s1. The lowest BCUT2D eigenvalue weighted by Gasteiger charge is -2.32. The summed E-state index contributed by atoms with van der Waals surface area (Å²) < 4.78 is 5.65. The quantitative estimate of drug-likeness (QED) is 0.460. The van der Waals surface area contributed by atoms with Crippen molar-refractivity contribution in [3.8, 4) is 5.75 Å². The van der Waals surface area contributed by atoms with Crippen molar-refractivity contribution in [2.45, 2.75) is 30.9 Å². The molecule has 0 radical (unpaired) electrons. The number of nitrogens with zero attached hydrogens (tertiary/aromatic N) is 1. The van der Waals surface area contributed by atoms with Gasteiger partial charge in [-0.15, -0.1) is 0 Å². The molecular formula is C28H30N2O5. The van der Waals surface area contributed by atoms with Crippen molar-refractivity contribution in [1.82, 2.24) is 4.90 Å². The molecule has 4 N–H and O–H groups in total. The Hall–Kier alpha value is -3.68. The van der Waals surface area contributed by atoms with Crippen molar-refractivity contribution in [3.05, 3.63) is 101 Å². The van der Waals surface area contributed by atoms with Crippen LogP contribution in [0.3, 0.4) is 0 Å². The number of carbonyl (C=O) groups excluding carboxylic acids is 1. The Morgan fingerprint density at radius 3 is 2.37 bits per heavy atom. The first kappa shape index (κ1) is 24.4. The zero-order valence-electron chi connectivity index (χ0n) is 19.5. The molecule has 0 aromatic heterocycles. The highest BCUT2D eigenvalue weighted by molar-refractivity contribution is 5.94. The van der Waals surface area contributed by atoms with Crippen LogP contribution in [0.4, 0.5) is 0 Å². The lowest BCUT2D eigenvalue weighted by atomic mass is 9.88. The molecule has 0 saturated carbocycles. The normalized spacial score (nSPS) is 15.9. The Morgan fingerprint density at radius 2 is 1.69 bits per heavy atom. The molecule has 1 amide bonds. The number of rotatable bonds is 8. The third-order valence-electron chi connectivity index (χ3n) is 6.57. The highest BCUT2D eigenvalue weighted by atomic mass is 16.5. The Kier molecular flexibility index (Phi) is 7.48. The molecule has 1 heterocycles. The predicted molar refractivity (Wildman–Crippen MR) is 132 cm³/mol. The summed E-state index contributed by atoms with van der Waals surface area (Å²) in [4.78, 5) is 26.8. The van der Waals surface area contributed by atoms with Crippen LogP contribution in [0.1, 0.15) is 45.8 Å². The van der Waals surface area contributed by atoms with E-state index in [2.05, 4.69) is 12.1 Å². The number of hydrogen-bond donors (Lipinski definition) is 3. The van der Waals surface area contributed by atoms with Crippen LogP contribution in [-0.4, -0.2) is 46.7 Å². The van der Waals surface area contributed by atoms with E-state index in [1.54, 1.807) is 42.5 Å². The van der Waals surface area contributed by atoms with Crippen LogP contribution in [0, 0.1) is 0 Å². The van der Waals surface area contributed by atoms with Crippen LogP contribution < -0.4 is 10.5 Å². The van der Waals surface area contributed by atoms with Gasteiger partial charge in [0.05, 0.1) is 0 Å². The van der Waals surface area contributed by atoms with Gasteiger partial charge in [-0.3, -0.25) is 4.79 Å². The fourth-order valence-electron chi connectivity index (χ4n) is 4.46. The number of ether oxygens (including phenoxy) is 1. The van der Waals surface area contributed by atoms with Crippen LogP contribution in [0.25, 0.3) is 0 Å². The van der Waals surface area contributed by atoms with Gasteiger partial charge in [-0.2, -0.15) is 0 Å². The van der Waals surface area contributed by atoms with Crippen LogP contribution in [0.2, 0.25) is 0 Å². The number of piperidine rings is 1. The summed E-state index contributed by atoms with van der Waals surface area (Å²) >= 11 is 0. The van der Waals surface area contributed by atoms with E-state index in [0.717, 1.165) is 18.4 Å². The molecule has 3 aromatic rings. The molecule has 0 unspecified atom stereocenters. The van der Waals surface area contributed by atoms with E-state index >= 15 is 0 Å². The molecule has 1 aliphatic heterocycles. The monoisotopic (exact) mass is 474 g/mol. The van der Waals surface area contributed by atoms with Crippen molar-refractivity contribution in [2.75, 3.05) is 19.7 Å². The van der Waals surface area contributed by atoms with Gasteiger partial charge in [0, 0.05) is 25.2 Å². The molecule has 0 aliphatic carbocycles. The molecule has 0 spiro atoms. The lowest BCUT2D eigenvalue weighted by Crippen LogP contribution is -2.41. The minimum absolute atomic E-state index is 0.0961. The third-order valence-corrected chi connectivity index (χ3v) is 6.57. The maximum Gasteiger partial charge on any atom is 0.344 e. The minimum atomic E-state index is -2.20. The second-order valence-electron chi connectivity index (χ2n) is 8.86. The second kappa shape index (κ2) is 10.7. The van der Waals surface area contributed by atoms with E-state index in [1.807, 2.05) is 17.0 Å². The summed E-state index contributed by atoms with van der Waals surface area (Å²) in [6, 6.07) is 23.1. The summed E-state index contributed by atoms with van der Waals surface area (Å²) in [6.07, 6.45) is 1.75. The van der Waals surface area contributed by atoms with Gasteiger partial charge in [0.15, 0.2) is 0 Å². The number of nitrogens with two attached hydrogens (primary N) is 1. The van der Waals surface area contributed by atoms with Gasteiger partial charge in [0.25, 0.3) is 5.91 Å². The van der Waals surface area contributed by atoms with E-state index in [1.165, 1.54) is 17.7 Å². The second-order valence-corrected chi connectivity index (χ2v) is 8.86. The molecule has 1 saturated heterocycles. The minimum Gasteiger partial charge on any atom is -0.490 e. The van der Waals surface area contributed by atoms with Crippen LogP contribution in [0.5, 0.6) is 5.75 Å². The molecule has 3 aromatic carbocycles. The van der Waals surface area contributed by atoms with Crippen LogP contribution >= 0.6 is 0 Å². The van der Waals surface area contributed by atoms with Gasteiger partial charge < -0.3 is 25.6 Å². The van der Waals surface area contributed by atoms with Gasteiger partial charge in [0.1, 0.15) is 12.4 Å². The van der Waals surface area contributed by atoms with E-state index < -0.39 is 18.2 Å². The number of likely N-dealkylation sites (tertiary alicyclic amines) is 1. The molecule has 182 valence electrons. The SMILES string of the molecule is NCc1cccc(C2CCN(C(=O)c3cccc(OC[C@@](O)(C(=O)O)c4ccccc4)c3)CC2)c1. The van der Waals surface area contributed by atoms with Crippen molar-refractivity contribution in [2.24, 2.45) is 5.73 Å². The number of carboxylic acid groups (broad SMARTS) is 1. The summed E-state index contributed by atoms with van der Waals surface area (Å²) in [6.45, 7) is 1.32. The highest BCUT2D eigenvalue weighted by Gasteiger charge is 2.39. The molecule has 0 bridgehead atoms. The smallest absolute Gasteiger partial charge is 0.344 e. The van der Waals surface area contributed by atoms with Gasteiger partial charge >= 0.3 is 5.97 Å². The lowest BCUT2D eigenvalue weighted by molar-refractivity contribution is -0.163. The average molecular weight is 475 g/mol. The van der Waals surface area contributed by atoms with Gasteiger partial charge in [-0.05, 0) is 53.6 Å². The zero-order chi connectivity index (χ0) is 24.8. The Morgan fingerprint density at radius 1 is 0.971 bits per heavy atom. The number of hydrogen-bond acceptors (Lipinski definition) is 5. The number of aliphatic carboxylic acids is 1. The number of amides is 1. The van der Waals surface area contributed by atoms with E-state index in [4.69, 9.17) is 10.5 Å². The van der Waals surface area contributed by atoms with Gasteiger partial charge in [0.2, 0.25) is 5.60 Å². The number of carbonyl (C=O) groups is 2. The van der Waals surface area contributed by atoms with Gasteiger partial charge in [-0.1, -0.05) is 60.7 Å². The molecular weight excluding hydrogens is 444 g/mol. The van der Waals surface area contributed by atoms with Crippen molar-refractivity contribution < 1.29 is 24.5 Å². The summed E-state index contributed by atoms with van der Waals surface area (Å²) in [5, 5.41) is 20.4. The molecule has 35 heavy (non-hydrogen) atoms. The molecule has 1 atom stereocenters. The topological polar surface area (TPSA) is 113 Å². The fourth-order valence-corrected chi connectivity index (χ4v) is 4.46. The highest BCUT2D eigenvalue weighted by Crippen LogP contribution is 2.30. The van der Waals surface area contributed by atoms with E-state index in [9.17, 15) is 19.8 Å². The molecule has 7 heteroatoms. The summed E-state index contributed by atoms with van der Waals surface area (Å²) in [5.74, 6) is -0.788. The first-order valence-electron chi connectivity index (χ1n) is 11.7. The van der Waals surface area contributed by atoms with Crippen molar-refractivity contribution in [3.63, 3.8) is 0 Å².